The second-order valence-corrected chi connectivity index (χ2v) is 5.25. The fraction of sp³-hybridized carbons (Fsp3) is 0. The van der Waals surface area contributed by atoms with E-state index in [0.717, 1.165) is 0 Å². The summed E-state index contributed by atoms with van der Waals surface area (Å²) < 4.78 is 25.9. The van der Waals surface area contributed by atoms with Gasteiger partial charge in [-0.15, -0.1) is 0 Å². The van der Waals surface area contributed by atoms with Gasteiger partial charge in [-0.05, 0) is 18.2 Å². The molecular formula is C9H8ClN3O3S. The van der Waals surface area contributed by atoms with Crippen molar-refractivity contribution in [1.29, 1.82) is 0 Å². The summed E-state index contributed by atoms with van der Waals surface area (Å²) in [5, 5.41) is 15.1. The third-order valence-electron chi connectivity index (χ3n) is 1.96. The molecule has 0 aliphatic rings. The number of phenols is 1. The number of anilines is 1. The summed E-state index contributed by atoms with van der Waals surface area (Å²) in [7, 11) is -3.74. The van der Waals surface area contributed by atoms with Gasteiger partial charge in [-0.2, -0.15) is 13.5 Å². The van der Waals surface area contributed by atoms with Crippen molar-refractivity contribution in [1.82, 2.24) is 10.2 Å². The molecule has 0 bridgehead atoms. The molecule has 8 heteroatoms. The van der Waals surface area contributed by atoms with Crippen LogP contribution in [0.2, 0.25) is 5.02 Å². The van der Waals surface area contributed by atoms with Gasteiger partial charge in [0, 0.05) is 6.07 Å². The number of H-pyrrole nitrogens is 1. The van der Waals surface area contributed by atoms with Crippen molar-refractivity contribution < 1.29 is 13.5 Å². The van der Waals surface area contributed by atoms with E-state index in [1.165, 1.54) is 30.5 Å². The maximum absolute atomic E-state index is 11.8. The number of aromatic nitrogens is 2. The zero-order valence-electron chi connectivity index (χ0n) is 8.38. The molecule has 0 atom stereocenters. The number of phenolic OH excluding ortho intramolecular Hbond substituents is 1. The van der Waals surface area contributed by atoms with E-state index in [9.17, 15) is 8.42 Å². The van der Waals surface area contributed by atoms with Gasteiger partial charge >= 0.3 is 0 Å². The molecule has 6 nitrogen and oxygen atoms in total. The number of benzene rings is 1. The van der Waals surface area contributed by atoms with E-state index in [2.05, 4.69) is 14.9 Å². The van der Waals surface area contributed by atoms with Gasteiger partial charge in [0.1, 0.15) is 5.75 Å². The molecule has 0 saturated heterocycles. The van der Waals surface area contributed by atoms with Crippen molar-refractivity contribution in [3.8, 4) is 5.75 Å². The van der Waals surface area contributed by atoms with Gasteiger partial charge in [0.2, 0.25) is 0 Å². The van der Waals surface area contributed by atoms with Gasteiger partial charge < -0.3 is 5.11 Å². The highest BCUT2D eigenvalue weighted by atomic mass is 35.5. The fourth-order valence-corrected chi connectivity index (χ4v) is 2.45. The summed E-state index contributed by atoms with van der Waals surface area (Å²) in [4.78, 5) is 0. The first-order valence-electron chi connectivity index (χ1n) is 4.50. The van der Waals surface area contributed by atoms with Crippen LogP contribution in [0.1, 0.15) is 0 Å². The summed E-state index contributed by atoms with van der Waals surface area (Å²) in [5.41, 5.74) is 0.180. The van der Waals surface area contributed by atoms with Crippen LogP contribution in [-0.2, 0) is 10.0 Å². The number of aromatic amines is 1. The van der Waals surface area contributed by atoms with Gasteiger partial charge in [0.25, 0.3) is 10.0 Å². The summed E-state index contributed by atoms with van der Waals surface area (Å²) >= 11 is 5.78. The molecule has 17 heavy (non-hydrogen) atoms. The van der Waals surface area contributed by atoms with Crippen LogP contribution >= 0.6 is 11.6 Å². The lowest BCUT2D eigenvalue weighted by atomic mass is 10.3. The average Bonchev–Trinajstić information content (AvgIpc) is 2.76. The minimum atomic E-state index is -3.74. The van der Waals surface area contributed by atoms with Crippen LogP contribution in [-0.4, -0.2) is 23.7 Å². The molecule has 0 spiro atoms. The van der Waals surface area contributed by atoms with Gasteiger partial charge in [0.05, 0.1) is 16.9 Å². The van der Waals surface area contributed by atoms with Crippen molar-refractivity contribution >= 4 is 27.3 Å². The maximum Gasteiger partial charge on any atom is 0.278 e. The molecule has 1 heterocycles. The van der Waals surface area contributed by atoms with E-state index in [-0.39, 0.29) is 21.5 Å². The SMILES string of the molecule is O=S(=O)(Nc1ccc(O)cc1Cl)c1ccn[nH]1. The van der Waals surface area contributed by atoms with Crippen molar-refractivity contribution in [3.05, 3.63) is 35.5 Å². The second kappa shape index (κ2) is 4.27. The molecule has 0 aliphatic carbocycles. The van der Waals surface area contributed by atoms with Crippen LogP contribution in [0.3, 0.4) is 0 Å². The minimum Gasteiger partial charge on any atom is -0.508 e. The van der Waals surface area contributed by atoms with Gasteiger partial charge in [-0.1, -0.05) is 11.6 Å². The van der Waals surface area contributed by atoms with Crippen LogP contribution in [0, 0.1) is 0 Å². The Morgan fingerprint density at radius 1 is 1.35 bits per heavy atom. The lowest BCUT2D eigenvalue weighted by Crippen LogP contribution is -2.13. The first-order chi connectivity index (χ1) is 7.99. The molecule has 0 unspecified atom stereocenters. The van der Waals surface area contributed by atoms with Crippen LogP contribution in [0.25, 0.3) is 0 Å². The number of sulfonamides is 1. The molecule has 0 amide bonds. The highest BCUT2D eigenvalue weighted by Gasteiger charge is 2.16. The van der Waals surface area contributed by atoms with E-state index in [4.69, 9.17) is 16.7 Å². The molecule has 90 valence electrons. The van der Waals surface area contributed by atoms with Crippen molar-refractivity contribution in [2.45, 2.75) is 5.03 Å². The third kappa shape index (κ3) is 2.51. The number of aromatic hydroxyl groups is 1. The molecule has 0 radical (unpaired) electrons. The molecule has 1 aromatic carbocycles. The molecular weight excluding hydrogens is 266 g/mol. The Labute approximate surface area is 102 Å². The van der Waals surface area contributed by atoms with E-state index in [1.54, 1.807) is 0 Å². The quantitative estimate of drug-likeness (QED) is 0.740. The number of halogens is 1. The molecule has 0 fully saturated rings. The largest absolute Gasteiger partial charge is 0.508 e. The van der Waals surface area contributed by atoms with Gasteiger partial charge in [-0.3, -0.25) is 9.82 Å². The molecule has 1 aromatic heterocycles. The van der Waals surface area contributed by atoms with Crippen molar-refractivity contribution in [3.63, 3.8) is 0 Å². The first kappa shape index (κ1) is 11.7. The minimum absolute atomic E-state index is 0.0421. The average molecular weight is 274 g/mol. The zero-order chi connectivity index (χ0) is 12.5. The number of nitrogens with one attached hydrogen (secondary N) is 2. The smallest absolute Gasteiger partial charge is 0.278 e. The van der Waals surface area contributed by atoms with E-state index < -0.39 is 10.0 Å². The highest BCUT2D eigenvalue weighted by molar-refractivity contribution is 7.92. The third-order valence-corrected chi connectivity index (χ3v) is 3.57. The molecule has 0 saturated carbocycles. The Morgan fingerprint density at radius 3 is 2.71 bits per heavy atom. The predicted octanol–water partition coefficient (Wildman–Crippen LogP) is 1.57. The standard InChI is InChI=1S/C9H8ClN3O3S/c10-7-5-6(14)1-2-8(7)13-17(15,16)9-3-4-11-12-9/h1-5,13-14H,(H,11,12). The number of hydrogen-bond donors (Lipinski definition) is 3. The topological polar surface area (TPSA) is 95.1 Å². The summed E-state index contributed by atoms with van der Waals surface area (Å²) in [6, 6.07) is 5.26. The van der Waals surface area contributed by atoms with Crippen LogP contribution in [0.4, 0.5) is 5.69 Å². The Morgan fingerprint density at radius 2 is 2.12 bits per heavy atom. The summed E-state index contributed by atoms with van der Waals surface area (Å²) in [5.74, 6) is -0.0421. The lowest BCUT2D eigenvalue weighted by molar-refractivity contribution is 0.475. The summed E-state index contributed by atoms with van der Waals surface area (Å²) in [6.45, 7) is 0. The molecule has 0 aliphatic heterocycles. The molecule has 2 aromatic rings. The Hall–Kier alpha value is -1.73. The summed E-state index contributed by atoms with van der Waals surface area (Å²) in [6.07, 6.45) is 1.33. The molecule has 3 N–H and O–H groups in total. The Bertz CT molecular complexity index is 625. The Balaban J connectivity index is 2.33. The van der Waals surface area contributed by atoms with Crippen molar-refractivity contribution in [2.24, 2.45) is 0 Å². The van der Waals surface area contributed by atoms with E-state index in [0.29, 0.717) is 0 Å². The number of nitrogens with zero attached hydrogens (tertiary/aromatic N) is 1. The number of hydrogen-bond acceptors (Lipinski definition) is 4. The lowest BCUT2D eigenvalue weighted by Gasteiger charge is -2.07. The fourth-order valence-electron chi connectivity index (χ4n) is 1.18. The predicted molar refractivity (Wildman–Crippen MR) is 62.5 cm³/mol. The second-order valence-electron chi connectivity index (χ2n) is 3.19. The van der Waals surface area contributed by atoms with Gasteiger partial charge in [0.15, 0.2) is 5.03 Å². The number of rotatable bonds is 3. The van der Waals surface area contributed by atoms with Crippen molar-refractivity contribution in [2.75, 3.05) is 4.72 Å². The molecule has 2 rings (SSSR count). The van der Waals surface area contributed by atoms with E-state index in [1.807, 2.05) is 0 Å². The van der Waals surface area contributed by atoms with Crippen LogP contribution in [0.5, 0.6) is 5.75 Å². The van der Waals surface area contributed by atoms with Gasteiger partial charge in [-0.25, -0.2) is 0 Å². The zero-order valence-corrected chi connectivity index (χ0v) is 9.96. The highest BCUT2D eigenvalue weighted by Crippen LogP contribution is 2.27. The maximum atomic E-state index is 11.8. The van der Waals surface area contributed by atoms with Crippen LogP contribution in [0.15, 0.2) is 35.5 Å². The normalized spacial score (nSPS) is 11.4. The Kier molecular flexibility index (Phi) is 2.95. The monoisotopic (exact) mass is 273 g/mol. The first-order valence-corrected chi connectivity index (χ1v) is 6.36. The van der Waals surface area contributed by atoms with E-state index >= 15 is 0 Å². The van der Waals surface area contributed by atoms with Crippen LogP contribution < -0.4 is 4.72 Å².